The van der Waals surface area contributed by atoms with Gasteiger partial charge in [0.1, 0.15) is 4.34 Å². The van der Waals surface area contributed by atoms with Crippen molar-refractivity contribution >= 4 is 38.9 Å². The number of halogens is 2. The van der Waals surface area contributed by atoms with Gasteiger partial charge in [-0.15, -0.1) is 11.3 Å². The summed E-state index contributed by atoms with van der Waals surface area (Å²) in [6.45, 7) is 6.64. The molecule has 1 unspecified atom stereocenters. The molecule has 1 aliphatic rings. The predicted octanol–water partition coefficient (Wildman–Crippen LogP) is 3.27. The van der Waals surface area contributed by atoms with E-state index >= 15 is 0 Å². The van der Waals surface area contributed by atoms with E-state index in [4.69, 9.17) is 22.1 Å². The molecule has 1 aliphatic heterocycles. The summed E-state index contributed by atoms with van der Waals surface area (Å²) in [6, 6.07) is 2.31. The molecule has 0 spiro atoms. The van der Waals surface area contributed by atoms with Crippen molar-refractivity contribution in [3.63, 3.8) is 0 Å². The first-order chi connectivity index (χ1) is 8.51. The van der Waals surface area contributed by atoms with Gasteiger partial charge < -0.3 is 10.5 Å². The van der Waals surface area contributed by atoms with Crippen LogP contribution in [-0.2, 0) is 4.74 Å². The molecule has 2 N–H and O–H groups in total. The van der Waals surface area contributed by atoms with Gasteiger partial charge in [0.05, 0.1) is 18.2 Å². The molecule has 0 radical (unpaired) electrons. The second-order valence-electron chi connectivity index (χ2n) is 4.73. The highest BCUT2D eigenvalue weighted by Crippen LogP contribution is 2.37. The Hall–Kier alpha value is 0.350. The number of rotatable bonds is 3. The molecule has 0 saturated carbocycles. The van der Waals surface area contributed by atoms with Crippen LogP contribution in [0.4, 0.5) is 0 Å². The van der Waals surface area contributed by atoms with Crippen molar-refractivity contribution in [1.29, 1.82) is 0 Å². The van der Waals surface area contributed by atoms with E-state index in [9.17, 15) is 0 Å². The van der Waals surface area contributed by atoms with Crippen molar-refractivity contribution in [1.82, 2.24) is 4.90 Å². The maximum atomic E-state index is 6.11. The lowest BCUT2D eigenvalue weighted by atomic mass is 10.1. The highest BCUT2D eigenvalue weighted by Gasteiger charge is 2.29. The Morgan fingerprint density at radius 2 is 2.17 bits per heavy atom. The van der Waals surface area contributed by atoms with Crippen LogP contribution in [0.5, 0.6) is 0 Å². The molecule has 3 nitrogen and oxygen atoms in total. The van der Waals surface area contributed by atoms with Gasteiger partial charge in [-0.3, -0.25) is 4.90 Å². The van der Waals surface area contributed by atoms with E-state index in [-0.39, 0.29) is 18.2 Å². The number of nitrogens with zero attached hydrogens (tertiary/aromatic N) is 1. The van der Waals surface area contributed by atoms with Crippen LogP contribution in [0, 0.1) is 0 Å². The molecule has 1 saturated heterocycles. The smallest absolute Gasteiger partial charge is 0.107 e. The van der Waals surface area contributed by atoms with Crippen LogP contribution in [0.15, 0.2) is 10.5 Å². The third-order valence-electron chi connectivity index (χ3n) is 3.10. The van der Waals surface area contributed by atoms with Crippen LogP contribution in [0.1, 0.15) is 24.8 Å². The zero-order valence-electron chi connectivity index (χ0n) is 10.5. The fraction of sp³-hybridized carbons (Fsp3) is 0.667. The molecule has 1 aromatic rings. The van der Waals surface area contributed by atoms with Crippen molar-refractivity contribution in [2.75, 3.05) is 19.6 Å². The van der Waals surface area contributed by atoms with Gasteiger partial charge in [0, 0.05) is 29.0 Å². The normalized spacial score (nSPS) is 27.4. The fourth-order valence-electron chi connectivity index (χ4n) is 2.44. The molecule has 2 heterocycles. The average molecular weight is 354 g/mol. The van der Waals surface area contributed by atoms with Gasteiger partial charge in [0.15, 0.2) is 0 Å². The Balaban J connectivity index is 2.17. The SMILES string of the molecule is C[C@@H]1CN(C(CN)c2cc(Br)c(Cl)s2)C[C@H](C)O1. The quantitative estimate of drug-likeness (QED) is 0.906. The minimum Gasteiger partial charge on any atom is -0.373 e. The monoisotopic (exact) mass is 352 g/mol. The molecular weight excluding hydrogens is 336 g/mol. The molecule has 18 heavy (non-hydrogen) atoms. The van der Waals surface area contributed by atoms with Crippen molar-refractivity contribution in [3.05, 3.63) is 19.8 Å². The molecule has 0 amide bonds. The lowest BCUT2D eigenvalue weighted by Gasteiger charge is -2.39. The first kappa shape index (κ1) is 14.8. The van der Waals surface area contributed by atoms with E-state index in [1.165, 1.54) is 4.88 Å². The van der Waals surface area contributed by atoms with Crippen LogP contribution in [0.2, 0.25) is 4.34 Å². The van der Waals surface area contributed by atoms with E-state index in [0.717, 1.165) is 21.9 Å². The lowest BCUT2D eigenvalue weighted by Crippen LogP contribution is -2.48. The molecule has 1 fully saturated rings. The van der Waals surface area contributed by atoms with E-state index < -0.39 is 0 Å². The van der Waals surface area contributed by atoms with Crippen LogP contribution >= 0.6 is 38.9 Å². The first-order valence-electron chi connectivity index (χ1n) is 6.05. The van der Waals surface area contributed by atoms with Crippen LogP contribution in [0.25, 0.3) is 0 Å². The second-order valence-corrected chi connectivity index (χ2v) is 7.27. The van der Waals surface area contributed by atoms with E-state index in [0.29, 0.717) is 6.54 Å². The van der Waals surface area contributed by atoms with Crippen LogP contribution in [0.3, 0.4) is 0 Å². The molecule has 3 atom stereocenters. The molecule has 0 bridgehead atoms. The topological polar surface area (TPSA) is 38.5 Å². The molecule has 102 valence electrons. The van der Waals surface area contributed by atoms with E-state index in [1.54, 1.807) is 11.3 Å². The molecule has 0 aliphatic carbocycles. The third-order valence-corrected chi connectivity index (χ3v) is 5.68. The van der Waals surface area contributed by atoms with Crippen molar-refractivity contribution in [3.8, 4) is 0 Å². The summed E-state index contributed by atoms with van der Waals surface area (Å²) in [6.07, 6.45) is 0.503. The maximum absolute atomic E-state index is 6.11. The highest BCUT2D eigenvalue weighted by atomic mass is 79.9. The molecular formula is C12H18BrClN2OS. The predicted molar refractivity (Wildman–Crippen MR) is 80.4 cm³/mol. The Labute approximate surface area is 125 Å². The third kappa shape index (κ3) is 3.26. The summed E-state index contributed by atoms with van der Waals surface area (Å²) in [5.41, 5.74) is 5.95. The summed E-state index contributed by atoms with van der Waals surface area (Å²) in [5.74, 6) is 0. The summed E-state index contributed by atoms with van der Waals surface area (Å²) in [7, 11) is 0. The number of hydrogen-bond donors (Lipinski definition) is 1. The number of hydrogen-bond acceptors (Lipinski definition) is 4. The number of morpholine rings is 1. The second kappa shape index (κ2) is 6.20. The number of thiophene rings is 1. The average Bonchev–Trinajstić information content (AvgIpc) is 2.58. The Bertz CT molecular complexity index is 385. The van der Waals surface area contributed by atoms with E-state index in [1.807, 2.05) is 0 Å². The summed E-state index contributed by atoms with van der Waals surface area (Å²) in [5, 5.41) is 0. The zero-order chi connectivity index (χ0) is 13.3. The molecule has 2 rings (SSSR count). The van der Waals surface area contributed by atoms with Crippen molar-refractivity contribution in [2.45, 2.75) is 32.1 Å². The van der Waals surface area contributed by atoms with Gasteiger partial charge in [0.25, 0.3) is 0 Å². The Kier molecular flexibility index (Phi) is 5.08. The van der Waals surface area contributed by atoms with Gasteiger partial charge in [-0.25, -0.2) is 0 Å². The van der Waals surface area contributed by atoms with Gasteiger partial charge >= 0.3 is 0 Å². The number of ether oxygens (including phenoxy) is 1. The summed E-state index contributed by atoms with van der Waals surface area (Å²) >= 11 is 11.2. The van der Waals surface area contributed by atoms with Gasteiger partial charge in [-0.1, -0.05) is 11.6 Å². The minimum absolute atomic E-state index is 0.229. The fourth-order valence-corrected chi connectivity index (χ4v) is 4.33. The van der Waals surface area contributed by atoms with Crippen molar-refractivity contribution in [2.24, 2.45) is 5.73 Å². The number of nitrogens with two attached hydrogens (primary N) is 1. The van der Waals surface area contributed by atoms with Crippen LogP contribution in [-0.4, -0.2) is 36.7 Å². The highest BCUT2D eigenvalue weighted by molar-refractivity contribution is 9.10. The molecule has 0 aromatic carbocycles. The molecule has 6 heteroatoms. The zero-order valence-corrected chi connectivity index (χ0v) is 13.7. The molecule has 1 aromatic heterocycles. The van der Waals surface area contributed by atoms with Gasteiger partial charge in [0.2, 0.25) is 0 Å². The summed E-state index contributed by atoms with van der Waals surface area (Å²) in [4.78, 5) is 3.61. The maximum Gasteiger partial charge on any atom is 0.107 e. The van der Waals surface area contributed by atoms with Gasteiger partial charge in [-0.2, -0.15) is 0 Å². The minimum atomic E-state index is 0.229. The summed E-state index contributed by atoms with van der Waals surface area (Å²) < 4.78 is 7.51. The largest absolute Gasteiger partial charge is 0.373 e. The Morgan fingerprint density at radius 1 is 1.56 bits per heavy atom. The standard InChI is InChI=1S/C12H18BrClN2OS/c1-7-5-16(6-8(2)17-7)10(4-15)11-3-9(13)12(14)18-11/h3,7-8,10H,4-6,15H2,1-2H3/t7-,8+,10?. The lowest BCUT2D eigenvalue weighted by molar-refractivity contribution is -0.0795. The van der Waals surface area contributed by atoms with Crippen LogP contribution < -0.4 is 5.73 Å². The van der Waals surface area contributed by atoms with Gasteiger partial charge in [-0.05, 0) is 35.8 Å². The van der Waals surface area contributed by atoms with E-state index in [2.05, 4.69) is 40.7 Å². The van der Waals surface area contributed by atoms with Crippen molar-refractivity contribution < 1.29 is 4.74 Å². The Morgan fingerprint density at radius 3 is 2.61 bits per heavy atom. The first-order valence-corrected chi connectivity index (χ1v) is 8.04.